The van der Waals surface area contributed by atoms with Gasteiger partial charge in [0.05, 0.1) is 6.54 Å². The summed E-state index contributed by atoms with van der Waals surface area (Å²) in [5, 5.41) is 0. The summed E-state index contributed by atoms with van der Waals surface area (Å²) in [7, 11) is 0. The Morgan fingerprint density at radius 3 is 1.70 bits per heavy atom. The van der Waals surface area contributed by atoms with Crippen molar-refractivity contribution in [2.75, 3.05) is 6.54 Å². The molecular formula is C5H12N3O2+. The first-order chi connectivity index (χ1) is 4.54. The smallest absolute Gasteiger partial charge is 0.369 e. The van der Waals surface area contributed by atoms with Crippen LogP contribution in [-0.2, 0) is 9.59 Å². The van der Waals surface area contributed by atoms with Crippen molar-refractivity contribution in [3.63, 3.8) is 0 Å². The molecule has 0 radical (unpaired) electrons. The highest BCUT2D eigenvalue weighted by molar-refractivity contribution is 5.84. The Kier molecular flexibility index (Phi) is 8.74. The van der Waals surface area contributed by atoms with E-state index in [-0.39, 0.29) is 7.97 Å². The zero-order chi connectivity index (χ0) is 8.57. The van der Waals surface area contributed by atoms with Gasteiger partial charge in [0.2, 0.25) is 11.8 Å². The predicted molar refractivity (Wildman–Crippen MR) is 38.8 cm³/mol. The highest BCUT2D eigenvalue weighted by atomic mass is 16.1. The van der Waals surface area contributed by atoms with Gasteiger partial charge in [-0.05, 0) is 6.08 Å². The van der Waals surface area contributed by atoms with Crippen molar-refractivity contribution in [2.45, 2.75) is 0 Å². The van der Waals surface area contributed by atoms with Gasteiger partial charge >= 0.3 is 1.43 Å². The monoisotopic (exact) mass is 146 g/mol. The number of rotatable bonds is 2. The molecule has 5 nitrogen and oxygen atoms in total. The van der Waals surface area contributed by atoms with E-state index >= 15 is 0 Å². The Labute approximate surface area is 60.3 Å². The van der Waals surface area contributed by atoms with E-state index in [0.29, 0.717) is 0 Å². The van der Waals surface area contributed by atoms with Gasteiger partial charge in [-0.3, -0.25) is 9.59 Å². The van der Waals surface area contributed by atoms with Crippen molar-refractivity contribution in [2.24, 2.45) is 17.2 Å². The lowest BCUT2D eigenvalue weighted by Crippen LogP contribution is -2.21. The zero-order valence-corrected chi connectivity index (χ0v) is 5.54. The van der Waals surface area contributed by atoms with Crippen molar-refractivity contribution in [1.82, 2.24) is 0 Å². The van der Waals surface area contributed by atoms with Crippen LogP contribution in [0.15, 0.2) is 12.7 Å². The Morgan fingerprint density at radius 2 is 1.70 bits per heavy atom. The molecule has 0 fully saturated rings. The summed E-state index contributed by atoms with van der Waals surface area (Å²) in [6, 6.07) is 0. The molecule has 0 unspecified atom stereocenters. The van der Waals surface area contributed by atoms with Gasteiger partial charge in [0.15, 0.2) is 0 Å². The Balaban J connectivity index is -0.000000107. The topological polar surface area (TPSA) is 112 Å². The van der Waals surface area contributed by atoms with E-state index in [2.05, 4.69) is 18.0 Å². The maximum atomic E-state index is 9.47. The Morgan fingerprint density at radius 1 is 1.50 bits per heavy atom. The van der Waals surface area contributed by atoms with Crippen LogP contribution in [0, 0.1) is 0 Å². The fraction of sp³-hybridized carbons (Fsp3) is 0.200. The number of carbonyl (C=O) groups excluding carboxylic acids is 2. The largest absolute Gasteiger partial charge is 1.00 e. The summed E-state index contributed by atoms with van der Waals surface area (Å²) in [5.41, 5.74) is 13.8. The standard InChI is InChI=1S/C3H5NO.C2H6N2O/c1-2-3(4)5;3-1-2(4)5/h2H,1H2,(H2,4,5);1,3H2,(H2,4,5)/p+1. The van der Waals surface area contributed by atoms with E-state index in [1.807, 2.05) is 0 Å². The zero-order valence-electron chi connectivity index (χ0n) is 6.54. The molecule has 0 aromatic rings. The first-order valence-electron chi connectivity index (χ1n) is 2.44. The van der Waals surface area contributed by atoms with Gasteiger partial charge < -0.3 is 17.2 Å². The molecule has 6 N–H and O–H groups in total. The van der Waals surface area contributed by atoms with Gasteiger partial charge in [-0.1, -0.05) is 6.58 Å². The van der Waals surface area contributed by atoms with E-state index in [4.69, 9.17) is 5.73 Å². The molecule has 0 aromatic carbocycles. The number of hydrogen-bond donors (Lipinski definition) is 3. The number of amides is 2. The third-order valence-corrected chi connectivity index (χ3v) is 0.402. The molecule has 5 heteroatoms. The minimum absolute atomic E-state index is 0. The average molecular weight is 146 g/mol. The third-order valence-electron chi connectivity index (χ3n) is 0.402. The van der Waals surface area contributed by atoms with Gasteiger partial charge in [-0.15, -0.1) is 0 Å². The highest BCUT2D eigenvalue weighted by Gasteiger charge is 1.77. The van der Waals surface area contributed by atoms with Crippen molar-refractivity contribution in [3.05, 3.63) is 12.7 Å². The second kappa shape index (κ2) is 7.64. The van der Waals surface area contributed by atoms with E-state index < -0.39 is 11.8 Å². The molecule has 0 aliphatic heterocycles. The SMILES string of the molecule is C=CC(N)=O.NCC(N)=O.[H+]. The molecule has 58 valence electrons. The van der Waals surface area contributed by atoms with Crippen molar-refractivity contribution in [3.8, 4) is 0 Å². The van der Waals surface area contributed by atoms with Crippen LogP contribution in [-0.4, -0.2) is 18.4 Å². The van der Waals surface area contributed by atoms with Crippen LogP contribution in [0.25, 0.3) is 0 Å². The quantitative estimate of drug-likeness (QED) is 0.399. The molecule has 0 atom stereocenters. The lowest BCUT2D eigenvalue weighted by atomic mass is 10.6. The molecule has 0 aliphatic carbocycles. The Hall–Kier alpha value is -1.36. The molecule has 0 bridgehead atoms. The van der Waals surface area contributed by atoms with Crippen LogP contribution in [0.1, 0.15) is 1.43 Å². The van der Waals surface area contributed by atoms with E-state index in [1.54, 1.807) is 0 Å². The molecular weight excluding hydrogens is 134 g/mol. The lowest BCUT2D eigenvalue weighted by Gasteiger charge is -1.74. The molecule has 10 heavy (non-hydrogen) atoms. The van der Waals surface area contributed by atoms with Gasteiger partial charge in [-0.2, -0.15) is 0 Å². The number of hydrogen-bond acceptors (Lipinski definition) is 3. The van der Waals surface area contributed by atoms with Gasteiger partial charge in [0, 0.05) is 0 Å². The molecule has 0 saturated carbocycles. The second-order valence-electron chi connectivity index (χ2n) is 1.28. The van der Waals surface area contributed by atoms with Crippen LogP contribution in [0.4, 0.5) is 0 Å². The van der Waals surface area contributed by atoms with Crippen LogP contribution in [0.3, 0.4) is 0 Å². The summed E-state index contributed by atoms with van der Waals surface area (Å²) in [4.78, 5) is 18.9. The second-order valence-corrected chi connectivity index (χ2v) is 1.28. The van der Waals surface area contributed by atoms with Crippen LogP contribution in [0.2, 0.25) is 0 Å². The lowest BCUT2D eigenvalue weighted by molar-refractivity contribution is -0.116. The summed E-state index contributed by atoms with van der Waals surface area (Å²) in [6.45, 7) is 3.03. The molecule has 0 rings (SSSR count). The highest BCUT2D eigenvalue weighted by Crippen LogP contribution is 1.48. The third kappa shape index (κ3) is 30.3. The van der Waals surface area contributed by atoms with E-state index in [1.165, 1.54) is 0 Å². The molecule has 2 amide bonds. The van der Waals surface area contributed by atoms with Gasteiger partial charge in [0.1, 0.15) is 0 Å². The minimum atomic E-state index is -0.481. The average Bonchev–Trinajstić information content (AvgIpc) is 1.89. The number of primary amides is 2. The predicted octanol–water partition coefficient (Wildman–Crippen LogP) is -1.80. The maximum Gasteiger partial charge on any atom is 1.00 e. The molecule has 0 spiro atoms. The number of carbonyl (C=O) groups is 2. The fourth-order valence-corrected chi connectivity index (χ4v) is 0. The minimum Gasteiger partial charge on any atom is -0.369 e. The summed E-state index contributed by atoms with van der Waals surface area (Å²) < 4.78 is 0. The van der Waals surface area contributed by atoms with Crippen molar-refractivity contribution < 1.29 is 11.0 Å². The summed E-state index contributed by atoms with van der Waals surface area (Å²) in [5.74, 6) is -0.949. The summed E-state index contributed by atoms with van der Waals surface area (Å²) >= 11 is 0. The van der Waals surface area contributed by atoms with Crippen LogP contribution in [0.5, 0.6) is 0 Å². The van der Waals surface area contributed by atoms with Gasteiger partial charge in [0.25, 0.3) is 0 Å². The van der Waals surface area contributed by atoms with Gasteiger partial charge in [-0.25, -0.2) is 0 Å². The normalized spacial score (nSPS) is 6.90. The van der Waals surface area contributed by atoms with E-state index in [9.17, 15) is 9.59 Å². The molecule has 0 heterocycles. The molecule has 0 aliphatic rings. The Bertz CT molecular complexity index is 138. The molecule has 0 aromatic heterocycles. The maximum absolute atomic E-state index is 9.47. The first kappa shape index (κ1) is 11.4. The first-order valence-corrected chi connectivity index (χ1v) is 2.44. The number of nitrogens with two attached hydrogens (primary N) is 3. The van der Waals surface area contributed by atoms with Crippen molar-refractivity contribution >= 4 is 11.8 Å². The van der Waals surface area contributed by atoms with E-state index in [0.717, 1.165) is 6.08 Å². The van der Waals surface area contributed by atoms with Crippen molar-refractivity contribution in [1.29, 1.82) is 0 Å². The van der Waals surface area contributed by atoms with Crippen LogP contribution < -0.4 is 17.2 Å². The fourth-order valence-electron chi connectivity index (χ4n) is 0. The summed E-state index contributed by atoms with van der Waals surface area (Å²) in [6.07, 6.45) is 1.06. The molecule has 0 saturated heterocycles. The van der Waals surface area contributed by atoms with Crippen LogP contribution >= 0.6 is 0 Å².